The van der Waals surface area contributed by atoms with E-state index in [2.05, 4.69) is 11.0 Å². The molecule has 2 saturated carbocycles. The van der Waals surface area contributed by atoms with Crippen molar-refractivity contribution in [2.24, 2.45) is 11.3 Å². The van der Waals surface area contributed by atoms with Gasteiger partial charge in [-0.1, -0.05) is 18.6 Å². The Kier molecular flexibility index (Phi) is 2.68. The monoisotopic (exact) mass is 271 g/mol. The Hall–Kier alpha value is -1.35. The number of hydrogen-bond acceptors (Lipinski definition) is 2. The molecule has 3 heteroatoms. The Bertz CT molecular complexity index is 546. The normalized spacial score (nSPS) is 27.9. The van der Waals surface area contributed by atoms with E-state index in [9.17, 15) is 4.79 Å². The number of nitrogens with zero attached hydrogens (tertiary/aromatic N) is 1. The van der Waals surface area contributed by atoms with Crippen molar-refractivity contribution in [3.63, 3.8) is 0 Å². The van der Waals surface area contributed by atoms with Crippen LogP contribution in [-0.4, -0.2) is 28.6 Å². The number of hydrogen-bond donors (Lipinski definition) is 1. The molecule has 2 aliphatic carbocycles. The topological polar surface area (TPSA) is 40.5 Å². The van der Waals surface area contributed by atoms with Gasteiger partial charge in [0.25, 0.3) is 0 Å². The summed E-state index contributed by atoms with van der Waals surface area (Å²) in [7, 11) is 0. The van der Waals surface area contributed by atoms with Gasteiger partial charge in [-0.2, -0.15) is 0 Å². The lowest BCUT2D eigenvalue weighted by Crippen LogP contribution is -2.67. The standard InChI is InChI=1S/C17H21NO2/c19-16(20)14-4-1-3-12(9-14)10-18-11-17(7-2-8-17)15(18)13-5-6-13/h1,3-4,9,13,15H,2,5-8,10-11H2,(H,19,20). The summed E-state index contributed by atoms with van der Waals surface area (Å²) < 4.78 is 0. The second-order valence-electron chi connectivity index (χ2n) is 6.91. The van der Waals surface area contributed by atoms with Crippen molar-refractivity contribution in [1.82, 2.24) is 4.90 Å². The molecule has 3 nitrogen and oxygen atoms in total. The van der Waals surface area contributed by atoms with Gasteiger partial charge in [0.15, 0.2) is 0 Å². The predicted octanol–water partition coefficient (Wildman–Crippen LogP) is 3.15. The van der Waals surface area contributed by atoms with Crippen LogP contribution in [0.15, 0.2) is 24.3 Å². The zero-order valence-electron chi connectivity index (χ0n) is 11.7. The van der Waals surface area contributed by atoms with Gasteiger partial charge in [0.2, 0.25) is 0 Å². The van der Waals surface area contributed by atoms with E-state index >= 15 is 0 Å². The van der Waals surface area contributed by atoms with Crippen LogP contribution in [0.2, 0.25) is 0 Å². The molecule has 1 aromatic carbocycles. The van der Waals surface area contributed by atoms with E-state index in [1.165, 1.54) is 38.6 Å². The third-order valence-corrected chi connectivity index (χ3v) is 5.52. The third-order valence-electron chi connectivity index (χ3n) is 5.52. The van der Waals surface area contributed by atoms with Crippen molar-refractivity contribution >= 4 is 5.97 Å². The summed E-state index contributed by atoms with van der Waals surface area (Å²) in [5, 5.41) is 9.08. The maximum Gasteiger partial charge on any atom is 0.335 e. The Labute approximate surface area is 119 Å². The van der Waals surface area contributed by atoms with Crippen LogP contribution in [0.1, 0.15) is 48.0 Å². The lowest BCUT2D eigenvalue weighted by Gasteiger charge is -2.63. The second kappa shape index (κ2) is 4.32. The predicted molar refractivity (Wildman–Crippen MR) is 76.6 cm³/mol. The Morgan fingerprint density at radius 1 is 1.35 bits per heavy atom. The van der Waals surface area contributed by atoms with Gasteiger partial charge in [-0.15, -0.1) is 0 Å². The number of aromatic carboxylic acids is 1. The van der Waals surface area contributed by atoms with Crippen LogP contribution in [0.5, 0.6) is 0 Å². The van der Waals surface area contributed by atoms with Gasteiger partial charge >= 0.3 is 5.97 Å². The number of carboxylic acid groups (broad SMARTS) is 1. The fourth-order valence-corrected chi connectivity index (χ4v) is 4.36. The first kappa shape index (κ1) is 12.4. The first-order valence-corrected chi connectivity index (χ1v) is 7.74. The van der Waals surface area contributed by atoms with Crippen LogP contribution in [0, 0.1) is 11.3 Å². The lowest BCUT2D eigenvalue weighted by atomic mass is 9.56. The number of carbonyl (C=O) groups is 1. The number of carboxylic acids is 1. The van der Waals surface area contributed by atoms with Crippen LogP contribution in [-0.2, 0) is 6.54 Å². The highest BCUT2D eigenvalue weighted by atomic mass is 16.4. The molecule has 1 spiro atoms. The van der Waals surface area contributed by atoms with Gasteiger partial charge in [0.1, 0.15) is 0 Å². The molecule has 106 valence electrons. The van der Waals surface area contributed by atoms with Crippen molar-refractivity contribution in [2.75, 3.05) is 6.54 Å². The van der Waals surface area contributed by atoms with Gasteiger partial charge in [-0.3, -0.25) is 4.90 Å². The van der Waals surface area contributed by atoms with Gasteiger partial charge in [0.05, 0.1) is 5.56 Å². The van der Waals surface area contributed by atoms with Crippen LogP contribution in [0.25, 0.3) is 0 Å². The van der Waals surface area contributed by atoms with E-state index in [0.717, 1.165) is 24.1 Å². The molecule has 1 heterocycles. The van der Waals surface area contributed by atoms with Crippen molar-refractivity contribution in [2.45, 2.75) is 44.7 Å². The summed E-state index contributed by atoms with van der Waals surface area (Å²) in [6.07, 6.45) is 7.04. The van der Waals surface area contributed by atoms with E-state index in [-0.39, 0.29) is 0 Å². The van der Waals surface area contributed by atoms with E-state index in [1.54, 1.807) is 6.07 Å². The molecule has 0 bridgehead atoms. The Balaban J connectivity index is 1.49. The molecule has 1 N–H and O–H groups in total. The van der Waals surface area contributed by atoms with E-state index in [0.29, 0.717) is 11.0 Å². The Morgan fingerprint density at radius 2 is 2.15 bits per heavy atom. The van der Waals surface area contributed by atoms with Crippen LogP contribution < -0.4 is 0 Å². The molecule has 3 fully saturated rings. The quantitative estimate of drug-likeness (QED) is 0.914. The largest absolute Gasteiger partial charge is 0.478 e. The molecule has 1 unspecified atom stereocenters. The lowest BCUT2D eigenvalue weighted by molar-refractivity contribution is -0.140. The minimum atomic E-state index is -0.829. The summed E-state index contributed by atoms with van der Waals surface area (Å²) in [6.45, 7) is 2.15. The van der Waals surface area contributed by atoms with Gasteiger partial charge in [0, 0.05) is 19.1 Å². The van der Waals surface area contributed by atoms with E-state index < -0.39 is 5.97 Å². The van der Waals surface area contributed by atoms with Crippen molar-refractivity contribution < 1.29 is 9.90 Å². The van der Waals surface area contributed by atoms with Gasteiger partial charge in [-0.05, 0) is 54.7 Å². The average Bonchev–Trinajstić information content (AvgIpc) is 3.16. The molecule has 1 aliphatic heterocycles. The van der Waals surface area contributed by atoms with E-state index in [4.69, 9.17) is 5.11 Å². The smallest absolute Gasteiger partial charge is 0.335 e. The zero-order chi connectivity index (χ0) is 13.7. The maximum atomic E-state index is 11.0. The first-order valence-electron chi connectivity index (χ1n) is 7.74. The van der Waals surface area contributed by atoms with Crippen LogP contribution >= 0.6 is 0 Å². The summed E-state index contributed by atoms with van der Waals surface area (Å²) in [5.74, 6) is 0.0939. The Morgan fingerprint density at radius 3 is 2.75 bits per heavy atom. The molecule has 0 radical (unpaired) electrons. The summed E-state index contributed by atoms with van der Waals surface area (Å²) >= 11 is 0. The SMILES string of the molecule is O=C(O)c1cccc(CN2CC3(CCC3)C2C2CC2)c1. The maximum absolute atomic E-state index is 11.0. The van der Waals surface area contributed by atoms with Crippen LogP contribution in [0.4, 0.5) is 0 Å². The molecular formula is C17H21NO2. The molecular weight excluding hydrogens is 250 g/mol. The number of benzene rings is 1. The minimum absolute atomic E-state index is 0.407. The van der Waals surface area contributed by atoms with Gasteiger partial charge in [-0.25, -0.2) is 4.79 Å². The van der Waals surface area contributed by atoms with Crippen molar-refractivity contribution in [1.29, 1.82) is 0 Å². The highest BCUT2D eigenvalue weighted by Gasteiger charge is 2.59. The van der Waals surface area contributed by atoms with Crippen molar-refractivity contribution in [3.05, 3.63) is 35.4 Å². The van der Waals surface area contributed by atoms with Crippen LogP contribution in [0.3, 0.4) is 0 Å². The molecule has 3 aliphatic rings. The van der Waals surface area contributed by atoms with E-state index in [1.807, 2.05) is 12.1 Å². The highest BCUT2D eigenvalue weighted by Crippen LogP contribution is 2.59. The molecule has 1 aromatic rings. The summed E-state index contributed by atoms with van der Waals surface area (Å²) in [5.41, 5.74) is 2.19. The summed E-state index contributed by atoms with van der Waals surface area (Å²) in [4.78, 5) is 13.6. The fraction of sp³-hybridized carbons (Fsp3) is 0.588. The van der Waals surface area contributed by atoms with Crippen molar-refractivity contribution in [3.8, 4) is 0 Å². The first-order chi connectivity index (χ1) is 9.68. The summed E-state index contributed by atoms with van der Waals surface area (Å²) in [6, 6.07) is 8.21. The molecule has 20 heavy (non-hydrogen) atoms. The second-order valence-corrected chi connectivity index (χ2v) is 6.91. The molecule has 4 rings (SSSR count). The molecule has 1 atom stereocenters. The molecule has 1 saturated heterocycles. The molecule has 0 aromatic heterocycles. The minimum Gasteiger partial charge on any atom is -0.478 e. The van der Waals surface area contributed by atoms with Gasteiger partial charge < -0.3 is 5.11 Å². The third kappa shape index (κ3) is 1.87. The number of rotatable bonds is 4. The number of likely N-dealkylation sites (tertiary alicyclic amines) is 1. The fourth-order valence-electron chi connectivity index (χ4n) is 4.36. The highest BCUT2D eigenvalue weighted by molar-refractivity contribution is 5.87. The average molecular weight is 271 g/mol. The molecule has 0 amide bonds. The zero-order valence-corrected chi connectivity index (χ0v) is 11.7.